The molecule has 26 heavy (non-hydrogen) atoms. The highest BCUT2D eigenvalue weighted by atomic mass is 16.5. The molecule has 2 aromatic rings. The van der Waals surface area contributed by atoms with Crippen LogP contribution in [-0.4, -0.2) is 48.9 Å². The number of piperidine rings is 1. The van der Waals surface area contributed by atoms with Crippen LogP contribution in [0.15, 0.2) is 54.9 Å². The molecule has 1 aliphatic heterocycles. The maximum absolute atomic E-state index is 13.0. The second-order valence-electron chi connectivity index (χ2n) is 7.20. The van der Waals surface area contributed by atoms with Crippen LogP contribution in [0.4, 0.5) is 0 Å². The predicted octanol–water partition coefficient (Wildman–Crippen LogP) is 2.35. The highest BCUT2D eigenvalue weighted by Crippen LogP contribution is 2.18. The smallest absolute Gasteiger partial charge is 0.254 e. The Labute approximate surface area is 155 Å². The molecule has 0 aliphatic carbocycles. The number of carbonyl (C=O) groups is 1. The first-order valence-corrected chi connectivity index (χ1v) is 9.32. The van der Waals surface area contributed by atoms with Crippen molar-refractivity contribution in [3.63, 3.8) is 0 Å². The fraction of sp³-hybridized carbons (Fsp3) is 0.429. The average molecular weight is 353 g/mol. The molecule has 1 aliphatic rings. The molecule has 0 spiro atoms. The third-order valence-electron chi connectivity index (χ3n) is 5.05. The van der Waals surface area contributed by atoms with Crippen molar-refractivity contribution in [1.29, 1.82) is 0 Å². The lowest BCUT2D eigenvalue weighted by Gasteiger charge is -2.34. The Kier molecular flexibility index (Phi) is 6.23. The van der Waals surface area contributed by atoms with Crippen molar-refractivity contribution in [2.24, 2.45) is 5.92 Å². The molecule has 1 aromatic carbocycles. The van der Waals surface area contributed by atoms with Gasteiger partial charge in [0.25, 0.3) is 5.91 Å². The summed E-state index contributed by atoms with van der Waals surface area (Å²) in [7, 11) is 2.15. The van der Waals surface area contributed by atoms with Gasteiger partial charge < -0.3 is 15.0 Å². The van der Waals surface area contributed by atoms with Crippen LogP contribution in [0, 0.1) is 11.1 Å². The summed E-state index contributed by atoms with van der Waals surface area (Å²) < 4.78 is 0.710. The summed E-state index contributed by atoms with van der Waals surface area (Å²) in [5.74, 6) is 0.511. The van der Waals surface area contributed by atoms with E-state index in [1.807, 2.05) is 23.1 Å². The van der Waals surface area contributed by atoms with Gasteiger partial charge in [0.05, 0.1) is 5.56 Å². The summed E-state index contributed by atoms with van der Waals surface area (Å²) in [5, 5.41) is 11.3. The number of amides is 1. The van der Waals surface area contributed by atoms with Gasteiger partial charge in [-0.25, -0.2) is 0 Å². The number of hydrogen-bond acceptors (Lipinski definition) is 3. The number of likely N-dealkylation sites (tertiary alicyclic amines) is 1. The van der Waals surface area contributed by atoms with Gasteiger partial charge in [-0.2, -0.15) is 4.73 Å². The van der Waals surface area contributed by atoms with Crippen LogP contribution < -0.4 is 4.73 Å². The van der Waals surface area contributed by atoms with Crippen molar-refractivity contribution in [2.45, 2.75) is 19.3 Å². The first-order valence-electron chi connectivity index (χ1n) is 9.32. The molecule has 1 unspecified atom stereocenters. The van der Waals surface area contributed by atoms with Gasteiger partial charge >= 0.3 is 0 Å². The third-order valence-corrected chi connectivity index (χ3v) is 5.05. The summed E-state index contributed by atoms with van der Waals surface area (Å²) >= 11 is 0. The van der Waals surface area contributed by atoms with Crippen molar-refractivity contribution < 1.29 is 9.52 Å². The van der Waals surface area contributed by atoms with E-state index in [9.17, 15) is 10.0 Å². The first-order chi connectivity index (χ1) is 12.6. The standard InChI is InChI=1S/C21H27N3O2/c1-22-12-5-8-19(16-22)17-23(13-9-18-6-3-2-4-7-18)21(25)20-10-14-24(26)15-11-20/h2-4,6-7,10-11,14-15,19H,5,8-9,12-13,16-17H2,1H3. The second kappa shape index (κ2) is 8.81. The van der Waals surface area contributed by atoms with Crippen LogP contribution in [0.3, 0.4) is 0 Å². The molecule has 5 nitrogen and oxygen atoms in total. The SMILES string of the molecule is CN1CCCC(CN(CCc2ccccc2)C(=O)c2cc[n+]([O-])cc2)C1. The molecule has 0 bridgehead atoms. The quantitative estimate of drug-likeness (QED) is 0.592. The number of rotatable bonds is 6. The molecule has 0 saturated carbocycles. The molecule has 1 fully saturated rings. The fourth-order valence-corrected chi connectivity index (χ4v) is 3.66. The predicted molar refractivity (Wildman–Crippen MR) is 102 cm³/mol. The van der Waals surface area contributed by atoms with Gasteiger partial charge in [-0.3, -0.25) is 4.79 Å². The number of benzene rings is 1. The normalized spacial score (nSPS) is 17.8. The largest absolute Gasteiger partial charge is 0.619 e. The zero-order valence-corrected chi connectivity index (χ0v) is 15.4. The maximum atomic E-state index is 13.0. The van der Waals surface area contributed by atoms with Gasteiger partial charge in [-0.1, -0.05) is 30.3 Å². The van der Waals surface area contributed by atoms with E-state index < -0.39 is 0 Å². The summed E-state index contributed by atoms with van der Waals surface area (Å²) in [6.07, 6.45) is 5.95. The van der Waals surface area contributed by atoms with E-state index in [1.54, 1.807) is 12.1 Å². The molecule has 1 amide bonds. The molecule has 138 valence electrons. The highest BCUT2D eigenvalue weighted by molar-refractivity contribution is 5.94. The number of pyridine rings is 1. The van der Waals surface area contributed by atoms with Gasteiger partial charge in [0, 0.05) is 31.8 Å². The summed E-state index contributed by atoms with van der Waals surface area (Å²) in [4.78, 5) is 17.3. The monoisotopic (exact) mass is 353 g/mol. The van der Waals surface area contributed by atoms with Gasteiger partial charge in [0.2, 0.25) is 0 Å². The van der Waals surface area contributed by atoms with Gasteiger partial charge in [0.15, 0.2) is 12.4 Å². The van der Waals surface area contributed by atoms with Crippen LogP contribution >= 0.6 is 0 Å². The molecule has 0 radical (unpaired) electrons. The average Bonchev–Trinajstić information content (AvgIpc) is 2.66. The topological polar surface area (TPSA) is 50.5 Å². The Hall–Kier alpha value is -2.40. The lowest BCUT2D eigenvalue weighted by atomic mass is 9.97. The van der Waals surface area contributed by atoms with E-state index in [4.69, 9.17) is 0 Å². The van der Waals surface area contributed by atoms with Crippen LogP contribution in [0.2, 0.25) is 0 Å². The van der Waals surface area contributed by atoms with Gasteiger partial charge in [0.1, 0.15) is 0 Å². The van der Waals surface area contributed by atoms with Crippen molar-refractivity contribution in [2.75, 3.05) is 33.2 Å². The lowest BCUT2D eigenvalue weighted by molar-refractivity contribution is -0.605. The Morgan fingerprint density at radius 3 is 2.65 bits per heavy atom. The minimum absolute atomic E-state index is 0.00903. The van der Waals surface area contributed by atoms with Crippen LogP contribution in [0.25, 0.3) is 0 Å². The first kappa shape index (κ1) is 18.4. The number of nitrogens with zero attached hydrogens (tertiary/aromatic N) is 3. The molecule has 0 N–H and O–H groups in total. The lowest BCUT2D eigenvalue weighted by Crippen LogP contribution is -2.42. The zero-order valence-electron chi connectivity index (χ0n) is 15.4. The Morgan fingerprint density at radius 1 is 1.23 bits per heavy atom. The van der Waals surface area contributed by atoms with E-state index in [2.05, 4.69) is 24.1 Å². The molecule has 1 saturated heterocycles. The molecule has 2 heterocycles. The van der Waals surface area contributed by atoms with Gasteiger partial charge in [-0.15, -0.1) is 0 Å². The van der Waals surface area contributed by atoms with Crippen molar-refractivity contribution >= 4 is 5.91 Å². The Morgan fingerprint density at radius 2 is 1.96 bits per heavy atom. The summed E-state index contributed by atoms with van der Waals surface area (Å²) in [6.45, 7) is 3.62. The third kappa shape index (κ3) is 5.05. The van der Waals surface area contributed by atoms with Crippen molar-refractivity contribution in [3.05, 3.63) is 71.2 Å². The fourth-order valence-electron chi connectivity index (χ4n) is 3.66. The zero-order chi connectivity index (χ0) is 18.4. The Bertz CT molecular complexity index is 703. The Balaban J connectivity index is 1.71. The highest BCUT2D eigenvalue weighted by Gasteiger charge is 2.24. The van der Waals surface area contributed by atoms with E-state index in [-0.39, 0.29) is 5.91 Å². The summed E-state index contributed by atoms with van der Waals surface area (Å²) in [5.41, 5.74) is 1.81. The summed E-state index contributed by atoms with van der Waals surface area (Å²) in [6, 6.07) is 13.5. The van der Waals surface area contributed by atoms with Crippen LogP contribution in [0.5, 0.6) is 0 Å². The molecular weight excluding hydrogens is 326 g/mol. The van der Waals surface area contributed by atoms with E-state index >= 15 is 0 Å². The molecule has 3 rings (SSSR count). The second-order valence-corrected chi connectivity index (χ2v) is 7.20. The van der Waals surface area contributed by atoms with E-state index in [1.165, 1.54) is 24.4 Å². The molecular formula is C21H27N3O2. The van der Waals surface area contributed by atoms with E-state index in [0.29, 0.717) is 22.8 Å². The number of aromatic nitrogens is 1. The minimum atomic E-state index is 0.00903. The molecule has 1 atom stereocenters. The number of carbonyl (C=O) groups excluding carboxylic acids is 1. The van der Waals surface area contributed by atoms with Crippen molar-refractivity contribution in [1.82, 2.24) is 9.80 Å². The molecule has 5 heteroatoms. The maximum Gasteiger partial charge on any atom is 0.254 e. The van der Waals surface area contributed by atoms with Crippen LogP contribution in [-0.2, 0) is 6.42 Å². The van der Waals surface area contributed by atoms with Crippen LogP contribution in [0.1, 0.15) is 28.8 Å². The van der Waals surface area contributed by atoms with Gasteiger partial charge in [-0.05, 0) is 44.3 Å². The minimum Gasteiger partial charge on any atom is -0.619 e. The number of hydrogen-bond donors (Lipinski definition) is 0. The van der Waals surface area contributed by atoms with E-state index in [0.717, 1.165) is 32.5 Å². The molecule has 1 aromatic heterocycles. The van der Waals surface area contributed by atoms with Crippen molar-refractivity contribution in [3.8, 4) is 0 Å².